The van der Waals surface area contributed by atoms with Gasteiger partial charge in [0.1, 0.15) is 0 Å². The number of aldehydes is 1. The highest BCUT2D eigenvalue weighted by molar-refractivity contribution is 9.10. The van der Waals surface area contributed by atoms with Gasteiger partial charge in [-0.25, -0.2) is 8.78 Å². The summed E-state index contributed by atoms with van der Waals surface area (Å²) in [6.45, 7) is 4.00. The van der Waals surface area contributed by atoms with E-state index in [9.17, 15) is 33.8 Å². The first kappa shape index (κ1) is 24.7. The molecule has 2 aromatic carbocycles. The molecule has 7 nitrogen and oxygen atoms in total. The number of carbonyl (C=O) groups is 1. The van der Waals surface area contributed by atoms with Gasteiger partial charge in [0.25, 0.3) is 17.8 Å². The van der Waals surface area contributed by atoms with Crippen LogP contribution in [0.15, 0.2) is 45.3 Å². The first-order chi connectivity index (χ1) is 12.7. The van der Waals surface area contributed by atoms with Gasteiger partial charge in [0.15, 0.2) is 6.29 Å². The highest BCUT2D eigenvalue weighted by atomic mass is 79.9. The van der Waals surface area contributed by atoms with Crippen molar-refractivity contribution in [3.8, 4) is 0 Å². The summed E-state index contributed by atoms with van der Waals surface area (Å²) in [7, 11) is 0. The maximum absolute atomic E-state index is 12.2. The number of nitro benzene ring substituents is 2. The molecule has 0 atom stereocenters. The molecular weight excluding hydrogens is 498 g/mol. The van der Waals surface area contributed by atoms with E-state index in [0.29, 0.717) is 15.2 Å². The number of hydrogen-bond donors (Lipinski definition) is 0. The number of alkyl halides is 2. The first-order valence-electron chi connectivity index (χ1n) is 7.28. The van der Waals surface area contributed by atoms with Gasteiger partial charge in [0.2, 0.25) is 0 Å². The summed E-state index contributed by atoms with van der Waals surface area (Å²) in [4.78, 5) is 29.6. The van der Waals surface area contributed by atoms with Crippen molar-refractivity contribution < 1.29 is 23.4 Å². The van der Waals surface area contributed by atoms with Gasteiger partial charge >= 0.3 is 0 Å². The quantitative estimate of drug-likeness (QED) is 0.265. The normalized spacial score (nSPS) is 9.44. The van der Waals surface area contributed by atoms with E-state index in [0.717, 1.165) is 12.1 Å². The predicted molar refractivity (Wildman–Crippen MR) is 103 cm³/mol. The van der Waals surface area contributed by atoms with Gasteiger partial charge in [-0.05, 0) is 24.3 Å². The second-order valence-corrected chi connectivity index (χ2v) is 6.17. The van der Waals surface area contributed by atoms with Crippen molar-refractivity contribution in [2.45, 2.75) is 20.3 Å². The molecule has 0 saturated heterocycles. The van der Waals surface area contributed by atoms with E-state index in [4.69, 9.17) is 0 Å². The Labute approximate surface area is 169 Å². The van der Waals surface area contributed by atoms with Crippen LogP contribution in [0, 0.1) is 20.2 Å². The number of rotatable bonds is 4. The van der Waals surface area contributed by atoms with Crippen LogP contribution < -0.4 is 0 Å². The molecule has 0 saturated carbocycles. The van der Waals surface area contributed by atoms with Crippen LogP contribution in [-0.4, -0.2) is 16.1 Å². The van der Waals surface area contributed by atoms with E-state index < -0.39 is 27.5 Å². The number of nitrogens with zero attached hydrogens (tertiary/aromatic N) is 2. The van der Waals surface area contributed by atoms with E-state index in [-0.39, 0.29) is 11.3 Å². The van der Waals surface area contributed by atoms with Gasteiger partial charge in [-0.2, -0.15) is 0 Å². The van der Waals surface area contributed by atoms with Crippen molar-refractivity contribution in [2.75, 3.05) is 0 Å². The lowest BCUT2D eigenvalue weighted by atomic mass is 10.2. The topological polar surface area (TPSA) is 103 Å². The minimum Gasteiger partial charge on any atom is -0.298 e. The summed E-state index contributed by atoms with van der Waals surface area (Å²) in [5, 5.41) is 20.6. The van der Waals surface area contributed by atoms with Crippen LogP contribution in [0.4, 0.5) is 20.2 Å². The summed E-state index contributed by atoms with van der Waals surface area (Å²) in [5.74, 6) is 0. The summed E-state index contributed by atoms with van der Waals surface area (Å²) in [5.41, 5.74) is -1.22. The monoisotopic (exact) mass is 510 g/mol. The Morgan fingerprint density at radius 1 is 0.926 bits per heavy atom. The Bertz CT molecular complexity index is 819. The fraction of sp³-hybridized carbons (Fsp3) is 0.188. The summed E-state index contributed by atoms with van der Waals surface area (Å²) < 4.78 is 25.5. The van der Waals surface area contributed by atoms with Gasteiger partial charge in [-0.1, -0.05) is 45.7 Å². The third kappa shape index (κ3) is 7.87. The summed E-state index contributed by atoms with van der Waals surface area (Å²) >= 11 is 6.06. The number of halogens is 4. The Morgan fingerprint density at radius 3 is 1.78 bits per heavy atom. The average Bonchev–Trinajstić information content (AvgIpc) is 2.63. The SMILES string of the molecule is CC.O=Cc1cc(Br)ccc1[N+](=O)[O-].O=[N+]([O-])c1ccc(Br)cc1C(F)F. The summed E-state index contributed by atoms with van der Waals surface area (Å²) in [6.07, 6.45) is -2.37. The fourth-order valence-corrected chi connectivity index (χ4v) is 2.41. The van der Waals surface area contributed by atoms with E-state index in [2.05, 4.69) is 31.9 Å². The van der Waals surface area contributed by atoms with E-state index in [1.165, 1.54) is 24.3 Å². The molecule has 0 amide bonds. The minimum absolute atomic E-state index is 0.0781. The maximum Gasteiger partial charge on any atom is 0.279 e. The molecule has 0 radical (unpaired) electrons. The molecule has 0 heterocycles. The zero-order chi connectivity index (χ0) is 21.1. The van der Waals surface area contributed by atoms with Gasteiger partial charge in [-0.15, -0.1) is 0 Å². The van der Waals surface area contributed by atoms with Crippen molar-refractivity contribution in [2.24, 2.45) is 0 Å². The van der Waals surface area contributed by atoms with Crippen LogP contribution in [0.5, 0.6) is 0 Å². The molecule has 0 spiro atoms. The number of hydrogen-bond acceptors (Lipinski definition) is 5. The second kappa shape index (κ2) is 12.2. The zero-order valence-corrected chi connectivity index (χ0v) is 17.2. The van der Waals surface area contributed by atoms with E-state index in [1.807, 2.05) is 13.8 Å². The molecule has 0 aliphatic rings. The second-order valence-electron chi connectivity index (χ2n) is 4.34. The van der Waals surface area contributed by atoms with Crippen LogP contribution >= 0.6 is 31.9 Å². The molecule has 2 rings (SSSR count). The Balaban J connectivity index is 0.000000460. The van der Waals surface area contributed by atoms with Gasteiger partial charge < -0.3 is 0 Å². The van der Waals surface area contributed by atoms with Crippen molar-refractivity contribution in [1.29, 1.82) is 0 Å². The average molecular weight is 512 g/mol. The standard InChI is InChI=1S/C7H4BrF2NO2.C7H4BrNO3.C2H6/c8-4-1-2-6(11(12)13)5(3-4)7(9)10;8-6-1-2-7(9(11)12)5(3-6)4-10;1-2/h1-3,7H;1-4H;1-2H3. The molecule has 146 valence electrons. The Morgan fingerprint density at radius 2 is 1.37 bits per heavy atom. The predicted octanol–water partition coefficient (Wildman–Crippen LogP) is 6.49. The number of carbonyl (C=O) groups excluding carboxylic acids is 1. The molecule has 0 aromatic heterocycles. The smallest absolute Gasteiger partial charge is 0.279 e. The molecule has 0 aliphatic carbocycles. The lowest BCUT2D eigenvalue weighted by molar-refractivity contribution is -0.386. The summed E-state index contributed by atoms with van der Waals surface area (Å²) in [6, 6.07) is 7.66. The number of nitro groups is 2. The van der Waals surface area contributed by atoms with Crippen molar-refractivity contribution in [1.82, 2.24) is 0 Å². The molecule has 0 aliphatic heterocycles. The lowest BCUT2D eigenvalue weighted by Gasteiger charge is -2.01. The first-order valence-corrected chi connectivity index (χ1v) is 8.87. The number of benzene rings is 2. The van der Waals surface area contributed by atoms with Gasteiger partial charge in [0, 0.05) is 21.1 Å². The fourth-order valence-electron chi connectivity index (χ4n) is 1.65. The van der Waals surface area contributed by atoms with E-state index in [1.54, 1.807) is 0 Å². The Hall–Kier alpha value is -2.27. The van der Waals surface area contributed by atoms with E-state index >= 15 is 0 Å². The highest BCUT2D eigenvalue weighted by Crippen LogP contribution is 2.31. The molecular formula is C16H14Br2F2N2O5. The van der Waals surface area contributed by atoms with Gasteiger partial charge in [0.05, 0.1) is 21.0 Å². The third-order valence-electron chi connectivity index (χ3n) is 2.73. The molecule has 0 bridgehead atoms. The molecule has 0 N–H and O–H groups in total. The van der Waals surface area contributed by atoms with Crippen LogP contribution in [0.2, 0.25) is 0 Å². The van der Waals surface area contributed by atoms with Gasteiger partial charge in [-0.3, -0.25) is 25.0 Å². The maximum atomic E-state index is 12.2. The molecule has 0 unspecified atom stereocenters. The van der Waals surface area contributed by atoms with Crippen LogP contribution in [0.25, 0.3) is 0 Å². The van der Waals surface area contributed by atoms with Crippen molar-refractivity contribution >= 4 is 49.5 Å². The third-order valence-corrected chi connectivity index (χ3v) is 3.72. The zero-order valence-electron chi connectivity index (χ0n) is 14.1. The molecule has 2 aromatic rings. The lowest BCUT2D eigenvalue weighted by Crippen LogP contribution is -1.95. The minimum atomic E-state index is -2.84. The van der Waals surface area contributed by atoms with Crippen LogP contribution in [0.3, 0.4) is 0 Å². The Kier molecular flexibility index (Phi) is 11.2. The van der Waals surface area contributed by atoms with Crippen molar-refractivity contribution in [3.05, 3.63) is 76.7 Å². The highest BCUT2D eigenvalue weighted by Gasteiger charge is 2.21. The molecule has 11 heteroatoms. The molecule has 27 heavy (non-hydrogen) atoms. The van der Waals surface area contributed by atoms with Crippen LogP contribution in [0.1, 0.15) is 36.2 Å². The van der Waals surface area contributed by atoms with Crippen molar-refractivity contribution in [3.63, 3.8) is 0 Å². The largest absolute Gasteiger partial charge is 0.298 e. The molecule has 0 fully saturated rings. The van der Waals surface area contributed by atoms with Crippen LogP contribution in [-0.2, 0) is 0 Å².